The lowest BCUT2D eigenvalue weighted by Gasteiger charge is -2.26. The molecule has 0 N–H and O–H groups in total. The van der Waals surface area contributed by atoms with Gasteiger partial charge in [-0.1, -0.05) is 164 Å². The quantitative estimate of drug-likeness (QED) is 0.122. The molecule has 0 radical (unpaired) electrons. The summed E-state index contributed by atoms with van der Waals surface area (Å²) in [6.07, 6.45) is 0. The predicted molar refractivity (Wildman–Crippen MR) is 345 cm³/mol. The van der Waals surface area contributed by atoms with E-state index in [0.717, 1.165) is 118 Å². The third kappa shape index (κ3) is 8.80. The average Bonchev–Trinajstić information content (AvgIpc) is 2.01. The van der Waals surface area contributed by atoms with E-state index < -0.39 is 0 Å². The van der Waals surface area contributed by atoms with Crippen molar-refractivity contribution in [3.8, 4) is 67.5 Å². The zero-order valence-corrected chi connectivity index (χ0v) is 45.8. The van der Waals surface area contributed by atoms with Gasteiger partial charge in [0.25, 0.3) is 0 Å². The van der Waals surface area contributed by atoms with Crippen molar-refractivity contribution in [1.82, 2.24) is 27.4 Å². The van der Waals surface area contributed by atoms with Gasteiger partial charge in [0.2, 0.25) is 0 Å². The number of aromatic nitrogens is 6. The van der Waals surface area contributed by atoms with Gasteiger partial charge in [-0.25, -0.2) is 14.4 Å². The van der Waals surface area contributed by atoms with Crippen molar-refractivity contribution in [2.75, 3.05) is 4.90 Å². The molecule has 0 amide bonds. The van der Waals surface area contributed by atoms with Gasteiger partial charge in [-0.3, -0.25) is 27.4 Å². The van der Waals surface area contributed by atoms with E-state index in [2.05, 4.69) is 114 Å². The second kappa shape index (κ2) is 21.0. The summed E-state index contributed by atoms with van der Waals surface area (Å²) in [4.78, 5) is 45.4. The largest absolute Gasteiger partial charge is 0.338 e. The number of hydrogen-bond donors (Lipinski definition) is 0. The lowest BCUT2D eigenvalue weighted by molar-refractivity contribution is 0.931. The normalized spacial score (nSPS) is 11.4. The molecule has 15 rings (SSSR count). The molecular formula is C75H51N7O3. The van der Waals surface area contributed by atoms with Crippen LogP contribution in [-0.2, 0) is 0 Å². The van der Waals surface area contributed by atoms with Crippen molar-refractivity contribution in [1.29, 1.82) is 0 Å². The summed E-state index contributed by atoms with van der Waals surface area (Å²) in [5, 5.41) is 0. The minimum Gasteiger partial charge on any atom is -0.311 e. The van der Waals surface area contributed by atoms with Gasteiger partial charge in [-0.2, -0.15) is 0 Å². The highest BCUT2D eigenvalue weighted by molar-refractivity contribution is 5.86. The van der Waals surface area contributed by atoms with E-state index in [9.17, 15) is 14.4 Å². The molecule has 10 heteroatoms. The molecule has 404 valence electrons. The molecule has 0 fully saturated rings. The number of imidazole rings is 3. The maximum atomic E-state index is 14.4. The van der Waals surface area contributed by atoms with Crippen LogP contribution in [0.4, 0.5) is 17.1 Å². The second-order valence-electron chi connectivity index (χ2n) is 21.0. The van der Waals surface area contributed by atoms with Gasteiger partial charge in [0, 0.05) is 17.1 Å². The smallest absolute Gasteiger partial charge is 0.311 e. The van der Waals surface area contributed by atoms with Crippen molar-refractivity contribution in [2.24, 2.45) is 0 Å². The maximum absolute atomic E-state index is 14.4. The third-order valence-electron chi connectivity index (χ3n) is 16.0. The molecule has 0 aliphatic rings. The van der Waals surface area contributed by atoms with Crippen LogP contribution in [0.2, 0.25) is 0 Å². The van der Waals surface area contributed by atoms with Gasteiger partial charge >= 0.3 is 17.1 Å². The number of anilines is 3. The zero-order valence-electron chi connectivity index (χ0n) is 45.8. The first kappa shape index (κ1) is 50.2. The van der Waals surface area contributed by atoms with Gasteiger partial charge in [-0.15, -0.1) is 0 Å². The average molecular weight is 1100 g/mol. The zero-order chi connectivity index (χ0) is 57.0. The van der Waals surface area contributed by atoms with Crippen LogP contribution in [0.15, 0.2) is 324 Å². The molecule has 3 heterocycles. The minimum absolute atomic E-state index is 0.140. The van der Waals surface area contributed by atoms with Crippen molar-refractivity contribution in [3.05, 3.63) is 341 Å². The Bertz CT molecular complexity index is 4650. The third-order valence-corrected chi connectivity index (χ3v) is 16.0. The minimum atomic E-state index is -0.140. The highest BCUT2D eigenvalue weighted by Crippen LogP contribution is 2.39. The van der Waals surface area contributed by atoms with E-state index >= 15 is 0 Å². The van der Waals surface area contributed by atoms with Crippen LogP contribution in [0.3, 0.4) is 0 Å². The number of nitrogens with zero attached hydrogens (tertiary/aromatic N) is 7. The van der Waals surface area contributed by atoms with Crippen LogP contribution < -0.4 is 22.0 Å². The standard InChI is InChI=1S/C75H51N7O3/c83-73-77(58-22-4-1-5-23-58)67-31-10-13-34-70(67)80(73)64-28-16-19-55(49-64)52-37-43-61(44-38-52)76(62-45-39-53(40-46-62)56-20-17-29-65(50-56)81-71-35-14-11-32-68(71)78(74(81)84)59-24-6-2-7-25-59)63-47-41-54(42-48-63)57-21-18-30-66(51-57)82-72-36-15-12-33-69(72)79(75(82)85)60-26-8-3-9-27-60/h1-51H. The summed E-state index contributed by atoms with van der Waals surface area (Å²) < 4.78 is 10.7. The Morgan fingerprint density at radius 3 is 0.647 bits per heavy atom. The molecule has 0 saturated heterocycles. The monoisotopic (exact) mass is 1100 g/mol. The van der Waals surface area contributed by atoms with Crippen LogP contribution in [-0.4, -0.2) is 27.4 Å². The molecule has 0 aliphatic heterocycles. The summed E-state index contributed by atoms with van der Waals surface area (Å²) in [6.45, 7) is 0. The Balaban J connectivity index is 0.793. The van der Waals surface area contributed by atoms with Crippen molar-refractivity contribution >= 4 is 50.2 Å². The van der Waals surface area contributed by atoms with Crippen LogP contribution in [0, 0.1) is 0 Å². The second-order valence-corrected chi connectivity index (χ2v) is 21.0. The fourth-order valence-corrected chi connectivity index (χ4v) is 12.0. The number of benzene rings is 12. The van der Waals surface area contributed by atoms with Crippen molar-refractivity contribution in [2.45, 2.75) is 0 Å². The molecular weight excluding hydrogens is 1050 g/mol. The van der Waals surface area contributed by atoms with Crippen LogP contribution >= 0.6 is 0 Å². The Kier molecular flexibility index (Phi) is 12.4. The number of para-hydroxylation sites is 9. The highest BCUT2D eigenvalue weighted by Gasteiger charge is 2.21. The fraction of sp³-hybridized carbons (Fsp3) is 0. The fourth-order valence-electron chi connectivity index (χ4n) is 12.0. The predicted octanol–water partition coefficient (Wildman–Crippen LogP) is 16.4. The summed E-state index contributed by atoms with van der Waals surface area (Å²) in [6, 6.07) is 103. The van der Waals surface area contributed by atoms with E-state index in [1.165, 1.54) is 0 Å². The SMILES string of the molecule is O=c1n(-c2ccccc2)c2ccccc2n1-c1cccc(-c2ccc(N(c3ccc(-c4cccc(-n5c(=O)n(-c6ccccc6)c6ccccc65)c4)cc3)c3ccc(-c4cccc(-n5c(=O)n(-c6ccccc6)c6ccccc65)c4)cc3)cc2)c1. The lowest BCUT2D eigenvalue weighted by Crippen LogP contribution is -2.22. The Morgan fingerprint density at radius 2 is 0.400 bits per heavy atom. The molecule has 0 atom stereocenters. The first-order valence-electron chi connectivity index (χ1n) is 28.2. The van der Waals surface area contributed by atoms with Gasteiger partial charge in [0.05, 0.1) is 67.2 Å². The van der Waals surface area contributed by atoms with Gasteiger partial charge < -0.3 is 4.90 Å². The molecule has 12 aromatic carbocycles. The van der Waals surface area contributed by atoms with Crippen molar-refractivity contribution in [3.63, 3.8) is 0 Å². The van der Waals surface area contributed by atoms with Crippen LogP contribution in [0.5, 0.6) is 0 Å². The Labute approximate surface area is 488 Å². The number of rotatable bonds is 12. The first-order valence-corrected chi connectivity index (χ1v) is 28.2. The summed E-state index contributed by atoms with van der Waals surface area (Å²) >= 11 is 0. The van der Waals surface area contributed by atoms with Crippen molar-refractivity contribution < 1.29 is 0 Å². The van der Waals surface area contributed by atoms with E-state index in [0.29, 0.717) is 0 Å². The molecule has 0 aliphatic carbocycles. The summed E-state index contributed by atoms with van der Waals surface area (Å²) in [7, 11) is 0. The van der Waals surface area contributed by atoms with E-state index in [1.54, 1.807) is 27.4 Å². The topological polar surface area (TPSA) is 84.0 Å². The maximum Gasteiger partial charge on any atom is 0.338 e. The molecule has 10 nitrogen and oxygen atoms in total. The van der Waals surface area contributed by atoms with Crippen LogP contribution in [0.1, 0.15) is 0 Å². The van der Waals surface area contributed by atoms with E-state index in [-0.39, 0.29) is 17.1 Å². The molecule has 0 saturated carbocycles. The van der Waals surface area contributed by atoms with Gasteiger partial charge in [0.1, 0.15) is 0 Å². The molecule has 0 spiro atoms. The molecule has 15 aromatic rings. The summed E-state index contributed by atoms with van der Waals surface area (Å²) in [5.74, 6) is 0. The molecule has 0 bridgehead atoms. The first-order chi connectivity index (χ1) is 41.9. The van der Waals surface area contributed by atoms with E-state index in [1.807, 2.05) is 200 Å². The molecule has 3 aromatic heterocycles. The lowest BCUT2D eigenvalue weighted by atomic mass is 10.0. The number of fused-ring (bicyclic) bond motifs is 3. The highest BCUT2D eigenvalue weighted by atomic mass is 16.2. The Hall–Kier alpha value is -11.8. The number of hydrogen-bond acceptors (Lipinski definition) is 4. The summed E-state index contributed by atoms with van der Waals surface area (Å²) in [5.41, 5.74) is 18.0. The molecule has 85 heavy (non-hydrogen) atoms. The van der Waals surface area contributed by atoms with Crippen LogP contribution in [0.25, 0.3) is 101 Å². The van der Waals surface area contributed by atoms with Gasteiger partial charge in [-0.05, 0) is 179 Å². The molecule has 0 unspecified atom stereocenters. The van der Waals surface area contributed by atoms with E-state index in [4.69, 9.17) is 0 Å². The van der Waals surface area contributed by atoms with Gasteiger partial charge in [0.15, 0.2) is 0 Å². The Morgan fingerprint density at radius 1 is 0.188 bits per heavy atom.